The van der Waals surface area contributed by atoms with Crippen molar-refractivity contribution < 1.29 is 9.59 Å². The molecule has 0 aliphatic rings. The molecule has 0 saturated heterocycles. The van der Waals surface area contributed by atoms with Crippen LogP contribution in [-0.4, -0.2) is 33.4 Å². The third-order valence-electron chi connectivity index (χ3n) is 4.80. The van der Waals surface area contributed by atoms with Crippen LogP contribution in [0.1, 0.15) is 26.4 Å². The number of halogens is 2. The normalized spacial score (nSPS) is 10.8. The molecule has 0 bridgehead atoms. The van der Waals surface area contributed by atoms with Crippen molar-refractivity contribution in [2.75, 3.05) is 12.4 Å². The van der Waals surface area contributed by atoms with Crippen molar-refractivity contribution in [2.45, 2.75) is 6.92 Å². The number of hydrogen-bond acceptors (Lipinski definition) is 4. The first-order valence-electron chi connectivity index (χ1n) is 9.31. The van der Waals surface area contributed by atoms with Crippen LogP contribution in [0.2, 0.25) is 10.2 Å². The van der Waals surface area contributed by atoms with Gasteiger partial charge in [-0.2, -0.15) is 0 Å². The van der Waals surface area contributed by atoms with E-state index in [2.05, 4.69) is 20.6 Å². The monoisotopic (exact) mass is 453 g/mol. The van der Waals surface area contributed by atoms with Gasteiger partial charge in [0.1, 0.15) is 5.69 Å². The highest BCUT2D eigenvalue weighted by atomic mass is 35.5. The summed E-state index contributed by atoms with van der Waals surface area (Å²) in [5, 5.41) is 6.81. The number of amides is 2. The zero-order valence-corrected chi connectivity index (χ0v) is 18.1. The fraction of sp³-hybridized carbons (Fsp3) is 0.0909. The predicted octanol–water partition coefficient (Wildman–Crippen LogP) is 4.65. The summed E-state index contributed by atoms with van der Waals surface area (Å²) in [7, 11) is 1.51. The Kier molecular flexibility index (Phi) is 5.63. The Bertz CT molecular complexity index is 1330. The van der Waals surface area contributed by atoms with E-state index in [9.17, 15) is 9.59 Å². The van der Waals surface area contributed by atoms with Gasteiger partial charge in [0.2, 0.25) is 0 Å². The van der Waals surface area contributed by atoms with Gasteiger partial charge in [-0.15, -0.1) is 0 Å². The molecule has 2 heterocycles. The van der Waals surface area contributed by atoms with Gasteiger partial charge in [-0.1, -0.05) is 41.4 Å². The zero-order chi connectivity index (χ0) is 22.1. The second-order valence-electron chi connectivity index (χ2n) is 6.77. The quantitative estimate of drug-likeness (QED) is 0.470. The van der Waals surface area contributed by atoms with Gasteiger partial charge in [0.05, 0.1) is 16.8 Å². The summed E-state index contributed by atoms with van der Waals surface area (Å²) in [5.41, 5.74) is 2.33. The minimum atomic E-state index is -0.437. The van der Waals surface area contributed by atoms with E-state index in [0.717, 1.165) is 10.9 Å². The van der Waals surface area contributed by atoms with Crippen molar-refractivity contribution in [1.82, 2.24) is 19.9 Å². The van der Waals surface area contributed by atoms with Crippen molar-refractivity contribution in [2.24, 2.45) is 0 Å². The van der Waals surface area contributed by atoms with Crippen LogP contribution in [0.5, 0.6) is 0 Å². The summed E-state index contributed by atoms with van der Waals surface area (Å²) in [4.78, 5) is 34.2. The van der Waals surface area contributed by atoms with E-state index in [1.165, 1.54) is 25.5 Å². The molecule has 4 rings (SSSR count). The van der Waals surface area contributed by atoms with Gasteiger partial charge in [0.15, 0.2) is 11.0 Å². The predicted molar refractivity (Wildman–Crippen MR) is 121 cm³/mol. The molecule has 0 saturated carbocycles. The number of carbonyl (C=O) groups excluding carboxylic acids is 2. The third-order valence-corrected chi connectivity index (χ3v) is 5.29. The Labute approximate surface area is 188 Å². The molecule has 4 aromatic rings. The lowest BCUT2D eigenvalue weighted by atomic mass is 10.1. The largest absolute Gasteiger partial charge is 0.355 e. The van der Waals surface area contributed by atoms with Gasteiger partial charge in [-0.25, -0.2) is 9.97 Å². The highest BCUT2D eigenvalue weighted by molar-refractivity contribution is 6.31. The lowest BCUT2D eigenvalue weighted by molar-refractivity contribution is 0.0964. The smallest absolute Gasteiger partial charge is 0.272 e. The maximum absolute atomic E-state index is 13.4. The second-order valence-corrected chi connectivity index (χ2v) is 7.57. The summed E-state index contributed by atoms with van der Waals surface area (Å²) in [5.74, 6) is -0.471. The summed E-state index contributed by atoms with van der Waals surface area (Å²) in [6.07, 6.45) is 2.98. The molecular weight excluding hydrogens is 437 g/mol. The number of carbonyl (C=O) groups is 2. The molecule has 2 N–H and O–H groups in total. The fourth-order valence-electron chi connectivity index (χ4n) is 3.41. The molecular formula is C22H17Cl2N5O2. The minimum Gasteiger partial charge on any atom is -0.355 e. The summed E-state index contributed by atoms with van der Waals surface area (Å²) in [6, 6.07) is 12.4. The van der Waals surface area contributed by atoms with Crippen molar-refractivity contribution in [3.8, 4) is 5.82 Å². The number of nitrogens with one attached hydrogen (secondary N) is 2. The number of fused-ring (bicyclic) bond motifs is 1. The molecule has 0 fully saturated rings. The van der Waals surface area contributed by atoms with Crippen LogP contribution >= 0.6 is 23.2 Å². The Balaban J connectivity index is 1.87. The molecule has 9 heteroatoms. The van der Waals surface area contributed by atoms with E-state index < -0.39 is 5.91 Å². The van der Waals surface area contributed by atoms with E-state index in [-0.39, 0.29) is 16.6 Å². The standard InChI is InChI=1S/C22H17Cl2N5O2/c1-12-9-14(23)11-15(21(30)25-2)18(12)28-22(31)17-10-13-5-3-4-6-16(13)29(17)20-19(24)26-7-8-27-20/h3-11H,1-2H3,(H,25,30)(H,28,31). The molecule has 0 aliphatic heterocycles. The van der Waals surface area contributed by atoms with Crippen molar-refractivity contribution >= 4 is 51.6 Å². The SMILES string of the molecule is CNC(=O)c1cc(Cl)cc(C)c1NC(=O)c1cc2ccccc2n1-c1nccnc1Cl. The van der Waals surface area contributed by atoms with Gasteiger partial charge >= 0.3 is 0 Å². The number of nitrogens with zero attached hydrogens (tertiary/aromatic N) is 3. The third kappa shape index (κ3) is 3.85. The zero-order valence-electron chi connectivity index (χ0n) is 16.6. The number of hydrogen-bond donors (Lipinski definition) is 2. The molecule has 2 amide bonds. The molecule has 0 aliphatic carbocycles. The molecule has 7 nitrogen and oxygen atoms in total. The minimum absolute atomic E-state index is 0.159. The van der Waals surface area contributed by atoms with E-state index >= 15 is 0 Å². The molecule has 156 valence electrons. The number of benzene rings is 2. The maximum Gasteiger partial charge on any atom is 0.272 e. The first-order chi connectivity index (χ1) is 14.9. The number of rotatable bonds is 4. The lowest BCUT2D eigenvalue weighted by Crippen LogP contribution is -2.23. The first-order valence-corrected chi connectivity index (χ1v) is 10.1. The number of para-hydroxylation sites is 1. The van der Waals surface area contributed by atoms with E-state index in [1.807, 2.05) is 24.3 Å². The van der Waals surface area contributed by atoms with E-state index in [0.29, 0.717) is 27.8 Å². The van der Waals surface area contributed by atoms with Crippen LogP contribution in [0.3, 0.4) is 0 Å². The number of aryl methyl sites for hydroxylation is 1. The number of anilines is 1. The van der Waals surface area contributed by atoms with Gasteiger partial charge in [0, 0.05) is 29.9 Å². The Morgan fingerprint density at radius 1 is 1.00 bits per heavy atom. The average molecular weight is 454 g/mol. The molecule has 31 heavy (non-hydrogen) atoms. The molecule has 0 atom stereocenters. The van der Waals surface area contributed by atoms with Crippen LogP contribution in [0, 0.1) is 6.92 Å². The molecule has 0 unspecified atom stereocenters. The van der Waals surface area contributed by atoms with Crippen molar-refractivity contribution in [3.05, 3.63) is 81.9 Å². The van der Waals surface area contributed by atoms with Gasteiger partial charge in [-0.3, -0.25) is 14.2 Å². The van der Waals surface area contributed by atoms with Crippen LogP contribution in [0.15, 0.2) is 54.9 Å². The van der Waals surface area contributed by atoms with Crippen LogP contribution in [-0.2, 0) is 0 Å². The topological polar surface area (TPSA) is 88.9 Å². The lowest BCUT2D eigenvalue weighted by Gasteiger charge is -2.15. The van der Waals surface area contributed by atoms with Crippen LogP contribution in [0.4, 0.5) is 5.69 Å². The second kappa shape index (κ2) is 8.37. The first kappa shape index (κ1) is 20.8. The Morgan fingerprint density at radius 2 is 1.74 bits per heavy atom. The van der Waals surface area contributed by atoms with Crippen molar-refractivity contribution in [3.63, 3.8) is 0 Å². The van der Waals surface area contributed by atoms with Gasteiger partial charge in [0.25, 0.3) is 11.8 Å². The van der Waals surface area contributed by atoms with Gasteiger partial charge in [-0.05, 0) is 36.8 Å². The summed E-state index contributed by atoms with van der Waals surface area (Å²) >= 11 is 12.4. The van der Waals surface area contributed by atoms with Crippen LogP contribution < -0.4 is 10.6 Å². The Hall–Kier alpha value is -3.42. The summed E-state index contributed by atoms with van der Waals surface area (Å²) < 4.78 is 1.64. The van der Waals surface area contributed by atoms with Crippen LogP contribution in [0.25, 0.3) is 16.7 Å². The molecule has 0 spiro atoms. The molecule has 2 aromatic heterocycles. The van der Waals surface area contributed by atoms with Gasteiger partial charge < -0.3 is 10.6 Å². The van der Waals surface area contributed by atoms with E-state index in [1.54, 1.807) is 23.6 Å². The number of aromatic nitrogens is 3. The maximum atomic E-state index is 13.4. The molecule has 2 aromatic carbocycles. The Morgan fingerprint density at radius 3 is 2.48 bits per heavy atom. The molecule has 0 radical (unpaired) electrons. The summed E-state index contributed by atoms with van der Waals surface area (Å²) in [6.45, 7) is 1.77. The van der Waals surface area contributed by atoms with Crippen molar-refractivity contribution in [1.29, 1.82) is 0 Å². The average Bonchev–Trinajstić information content (AvgIpc) is 3.14. The fourth-order valence-corrected chi connectivity index (χ4v) is 3.88. The van der Waals surface area contributed by atoms with E-state index in [4.69, 9.17) is 23.2 Å². The highest BCUT2D eigenvalue weighted by Crippen LogP contribution is 2.29. The highest BCUT2D eigenvalue weighted by Gasteiger charge is 2.22.